The molecule has 0 saturated heterocycles. The zero-order valence-corrected chi connectivity index (χ0v) is 12.1. The highest BCUT2D eigenvalue weighted by Gasteiger charge is 2.25. The molecule has 1 saturated carbocycles. The van der Waals surface area contributed by atoms with Crippen LogP contribution in [0.4, 0.5) is 5.69 Å². The number of hydrogen-bond acceptors (Lipinski definition) is 4. The van der Waals surface area contributed by atoms with Gasteiger partial charge in [0.1, 0.15) is 12.4 Å². The lowest BCUT2D eigenvalue weighted by molar-refractivity contribution is -0.142. The number of ether oxygens (including phenoxy) is 1. The maximum absolute atomic E-state index is 10.9. The van der Waals surface area contributed by atoms with Crippen molar-refractivity contribution in [1.29, 1.82) is 0 Å². The summed E-state index contributed by atoms with van der Waals surface area (Å²) in [5.41, 5.74) is 2.29. The zero-order chi connectivity index (χ0) is 14.7. The Hall–Kier alpha value is -1.75. The Morgan fingerprint density at radius 1 is 1.33 bits per heavy atom. The minimum absolute atomic E-state index is 0.145. The Morgan fingerprint density at radius 2 is 2.14 bits per heavy atom. The molecule has 0 aromatic heterocycles. The lowest BCUT2D eigenvalue weighted by atomic mass is 9.86. The molecule has 21 heavy (non-hydrogen) atoms. The molecule has 0 bridgehead atoms. The molecule has 3 rings (SSSR count). The molecule has 1 aromatic rings. The molecule has 1 fully saturated rings. The average molecular weight is 290 g/mol. The molecule has 0 spiro atoms. The molecule has 2 aliphatic rings. The van der Waals surface area contributed by atoms with Crippen molar-refractivity contribution in [3.05, 3.63) is 23.8 Å². The van der Waals surface area contributed by atoms with Crippen LogP contribution in [0.2, 0.25) is 0 Å². The number of hydrogen-bond donors (Lipinski definition) is 3. The second kappa shape index (κ2) is 6.35. The largest absolute Gasteiger partial charge is 0.490 e. The van der Waals surface area contributed by atoms with E-state index in [0.717, 1.165) is 56.8 Å². The first-order valence-corrected chi connectivity index (χ1v) is 7.68. The smallest absolute Gasteiger partial charge is 0.306 e. The number of fused-ring (bicyclic) bond motifs is 1. The summed E-state index contributed by atoms with van der Waals surface area (Å²) in [5.74, 6) is 0.134. The third kappa shape index (κ3) is 3.47. The summed E-state index contributed by atoms with van der Waals surface area (Å²) in [7, 11) is 0. The van der Waals surface area contributed by atoms with Crippen molar-refractivity contribution in [3.8, 4) is 5.75 Å². The monoisotopic (exact) mass is 290 g/mol. The summed E-state index contributed by atoms with van der Waals surface area (Å²) < 4.78 is 5.57. The molecule has 1 aromatic carbocycles. The summed E-state index contributed by atoms with van der Waals surface area (Å²) in [6, 6.07) is 6.66. The van der Waals surface area contributed by atoms with Gasteiger partial charge in [-0.1, -0.05) is 6.07 Å². The molecular formula is C16H22N2O3. The lowest BCUT2D eigenvalue weighted by Gasteiger charge is -2.27. The van der Waals surface area contributed by atoms with Gasteiger partial charge in [-0.3, -0.25) is 4.79 Å². The molecule has 0 atom stereocenters. The van der Waals surface area contributed by atoms with Gasteiger partial charge in [-0.15, -0.1) is 0 Å². The predicted octanol–water partition coefficient (Wildman–Crippen LogP) is 2.22. The van der Waals surface area contributed by atoms with E-state index in [9.17, 15) is 4.79 Å². The highest BCUT2D eigenvalue weighted by molar-refractivity contribution is 5.70. The maximum Gasteiger partial charge on any atom is 0.306 e. The van der Waals surface area contributed by atoms with Gasteiger partial charge in [0.25, 0.3) is 0 Å². The molecule has 0 radical (unpaired) electrons. The fourth-order valence-corrected chi connectivity index (χ4v) is 3.10. The Labute approximate surface area is 124 Å². The third-order valence-corrected chi connectivity index (χ3v) is 4.39. The quantitative estimate of drug-likeness (QED) is 0.793. The third-order valence-electron chi connectivity index (χ3n) is 4.39. The van der Waals surface area contributed by atoms with Crippen molar-refractivity contribution in [2.24, 2.45) is 5.92 Å². The fourth-order valence-electron chi connectivity index (χ4n) is 3.10. The van der Waals surface area contributed by atoms with Gasteiger partial charge >= 0.3 is 5.97 Å². The van der Waals surface area contributed by atoms with Crippen LogP contribution in [-0.4, -0.2) is 30.3 Å². The predicted molar refractivity (Wildman–Crippen MR) is 80.6 cm³/mol. The van der Waals surface area contributed by atoms with Crippen molar-refractivity contribution in [2.45, 2.75) is 38.3 Å². The van der Waals surface area contributed by atoms with Crippen LogP contribution in [-0.2, 0) is 11.3 Å². The van der Waals surface area contributed by atoms with E-state index >= 15 is 0 Å². The molecule has 1 aliphatic heterocycles. The van der Waals surface area contributed by atoms with Gasteiger partial charge in [0.2, 0.25) is 0 Å². The minimum atomic E-state index is -0.644. The van der Waals surface area contributed by atoms with Gasteiger partial charge in [0.05, 0.1) is 11.6 Å². The second-order valence-electron chi connectivity index (χ2n) is 5.87. The zero-order valence-electron chi connectivity index (χ0n) is 12.1. The molecule has 3 N–H and O–H groups in total. The first-order valence-electron chi connectivity index (χ1n) is 7.68. The number of aliphatic carboxylic acids is 1. The highest BCUT2D eigenvalue weighted by Crippen LogP contribution is 2.28. The first kappa shape index (κ1) is 14.2. The number of benzene rings is 1. The van der Waals surface area contributed by atoms with Crippen molar-refractivity contribution >= 4 is 11.7 Å². The van der Waals surface area contributed by atoms with E-state index in [1.165, 1.54) is 5.56 Å². The number of anilines is 1. The normalized spacial score (nSPS) is 24.6. The van der Waals surface area contributed by atoms with E-state index < -0.39 is 5.97 Å². The van der Waals surface area contributed by atoms with E-state index in [0.29, 0.717) is 6.04 Å². The van der Waals surface area contributed by atoms with Crippen LogP contribution in [0, 0.1) is 5.92 Å². The summed E-state index contributed by atoms with van der Waals surface area (Å²) in [5, 5.41) is 15.9. The highest BCUT2D eigenvalue weighted by atomic mass is 16.5. The van der Waals surface area contributed by atoms with Crippen molar-refractivity contribution in [2.75, 3.05) is 18.5 Å². The second-order valence-corrected chi connectivity index (χ2v) is 5.87. The van der Waals surface area contributed by atoms with Gasteiger partial charge in [0.15, 0.2) is 0 Å². The number of carboxylic acids is 1. The van der Waals surface area contributed by atoms with Crippen LogP contribution >= 0.6 is 0 Å². The van der Waals surface area contributed by atoms with Crippen LogP contribution in [0.5, 0.6) is 5.75 Å². The summed E-state index contributed by atoms with van der Waals surface area (Å²) in [6.07, 6.45) is 3.46. The van der Waals surface area contributed by atoms with E-state index in [2.05, 4.69) is 22.8 Å². The van der Waals surface area contributed by atoms with Gasteiger partial charge in [-0.25, -0.2) is 0 Å². The lowest BCUT2D eigenvalue weighted by Crippen LogP contribution is -2.34. The Kier molecular flexibility index (Phi) is 4.29. The molecular weight excluding hydrogens is 268 g/mol. The summed E-state index contributed by atoms with van der Waals surface area (Å²) >= 11 is 0. The van der Waals surface area contributed by atoms with E-state index in [1.807, 2.05) is 6.07 Å². The van der Waals surface area contributed by atoms with Gasteiger partial charge in [0, 0.05) is 19.1 Å². The summed E-state index contributed by atoms with van der Waals surface area (Å²) in [4.78, 5) is 10.9. The van der Waals surface area contributed by atoms with Gasteiger partial charge in [-0.05, 0) is 43.4 Å². The number of carboxylic acid groups (broad SMARTS) is 1. The van der Waals surface area contributed by atoms with E-state index in [-0.39, 0.29) is 5.92 Å². The SMILES string of the molecule is O=C(O)[C@H]1CC[C@H](NCc2ccc3c(c2)NCCO3)CC1. The molecule has 5 nitrogen and oxygen atoms in total. The minimum Gasteiger partial charge on any atom is -0.490 e. The molecule has 0 unspecified atom stereocenters. The molecule has 1 heterocycles. The average Bonchev–Trinajstić information content (AvgIpc) is 2.53. The molecule has 114 valence electrons. The van der Waals surface area contributed by atoms with Crippen LogP contribution in [0.15, 0.2) is 18.2 Å². The van der Waals surface area contributed by atoms with Crippen LogP contribution in [0.3, 0.4) is 0 Å². The van der Waals surface area contributed by atoms with Crippen molar-refractivity contribution < 1.29 is 14.6 Å². The number of nitrogens with one attached hydrogen (secondary N) is 2. The topological polar surface area (TPSA) is 70.6 Å². The Morgan fingerprint density at radius 3 is 2.90 bits per heavy atom. The molecule has 5 heteroatoms. The Balaban J connectivity index is 1.50. The number of rotatable bonds is 4. The standard InChI is InChI=1S/C16H22N2O3/c19-16(20)12-2-4-13(5-3-12)18-10-11-1-6-15-14(9-11)17-7-8-21-15/h1,6,9,12-13,17-18H,2-5,7-8,10H2,(H,19,20)/t12-,13-. The van der Waals surface area contributed by atoms with Gasteiger partial charge in [-0.2, -0.15) is 0 Å². The van der Waals surface area contributed by atoms with Gasteiger partial charge < -0.3 is 20.5 Å². The van der Waals surface area contributed by atoms with Crippen molar-refractivity contribution in [1.82, 2.24) is 5.32 Å². The van der Waals surface area contributed by atoms with Crippen molar-refractivity contribution in [3.63, 3.8) is 0 Å². The number of carbonyl (C=O) groups is 1. The van der Waals surface area contributed by atoms with E-state index in [1.54, 1.807) is 0 Å². The van der Waals surface area contributed by atoms with Crippen LogP contribution in [0.1, 0.15) is 31.2 Å². The van der Waals surface area contributed by atoms with Crippen LogP contribution < -0.4 is 15.4 Å². The molecule has 0 amide bonds. The Bertz CT molecular complexity index is 510. The fraction of sp³-hybridized carbons (Fsp3) is 0.562. The van der Waals surface area contributed by atoms with E-state index in [4.69, 9.17) is 9.84 Å². The maximum atomic E-state index is 10.9. The summed E-state index contributed by atoms with van der Waals surface area (Å²) in [6.45, 7) is 2.39. The first-order chi connectivity index (χ1) is 10.2. The molecule has 1 aliphatic carbocycles. The van der Waals surface area contributed by atoms with Crippen LogP contribution in [0.25, 0.3) is 0 Å².